The molecule has 1 amide bonds. The van der Waals surface area contributed by atoms with Crippen LogP contribution in [-0.2, 0) is 23.1 Å². The summed E-state index contributed by atoms with van der Waals surface area (Å²) in [6, 6.07) is 11.9. The molecule has 0 radical (unpaired) electrons. The number of aryl methyl sites for hydroxylation is 1. The molecular formula is C20H25N3O3. The number of piperidine rings is 1. The lowest BCUT2D eigenvalue weighted by atomic mass is 9.85. The molecule has 2 aliphatic heterocycles. The van der Waals surface area contributed by atoms with Crippen molar-refractivity contribution in [3.8, 4) is 0 Å². The third-order valence-corrected chi connectivity index (χ3v) is 5.53. The predicted octanol–water partition coefficient (Wildman–Crippen LogP) is 2.40. The largest absolute Gasteiger partial charge is 0.372 e. The number of aromatic nitrogens is 2. The Bertz CT molecular complexity index is 753. The van der Waals surface area contributed by atoms with Gasteiger partial charge in [0.2, 0.25) is 0 Å². The number of benzene rings is 1. The first-order valence-electron chi connectivity index (χ1n) is 9.25. The Kier molecular flexibility index (Phi) is 4.78. The van der Waals surface area contributed by atoms with Crippen molar-refractivity contribution in [2.75, 3.05) is 19.7 Å². The number of carbonyl (C=O) groups is 1. The van der Waals surface area contributed by atoms with Gasteiger partial charge in [-0.15, -0.1) is 0 Å². The monoisotopic (exact) mass is 355 g/mol. The van der Waals surface area contributed by atoms with E-state index in [0.717, 1.165) is 31.4 Å². The van der Waals surface area contributed by atoms with Crippen molar-refractivity contribution in [3.63, 3.8) is 0 Å². The van der Waals surface area contributed by atoms with Crippen molar-refractivity contribution in [3.05, 3.63) is 53.9 Å². The van der Waals surface area contributed by atoms with Crippen LogP contribution >= 0.6 is 0 Å². The molecule has 0 aliphatic carbocycles. The molecule has 26 heavy (non-hydrogen) atoms. The summed E-state index contributed by atoms with van der Waals surface area (Å²) >= 11 is 0. The van der Waals surface area contributed by atoms with Crippen LogP contribution in [0.4, 0.5) is 0 Å². The van der Waals surface area contributed by atoms with Gasteiger partial charge in [-0.05, 0) is 30.9 Å². The van der Waals surface area contributed by atoms with E-state index in [4.69, 9.17) is 9.47 Å². The van der Waals surface area contributed by atoms with Gasteiger partial charge in [-0.1, -0.05) is 30.3 Å². The van der Waals surface area contributed by atoms with E-state index in [2.05, 4.69) is 17.2 Å². The molecule has 0 unspecified atom stereocenters. The maximum atomic E-state index is 12.9. The number of hydrogen-bond donors (Lipinski definition) is 0. The summed E-state index contributed by atoms with van der Waals surface area (Å²) in [6.45, 7) is 2.55. The van der Waals surface area contributed by atoms with Crippen molar-refractivity contribution in [1.82, 2.24) is 14.7 Å². The van der Waals surface area contributed by atoms with Gasteiger partial charge < -0.3 is 14.4 Å². The first kappa shape index (κ1) is 17.2. The standard InChI is InChI=1S/C20H25N3O3/c1-22-17(8-11-21-22)19(24)23-12-10-20(9-5-13-26-20)18(14-23)25-15-16-6-3-2-4-7-16/h2-4,6-8,11,18H,5,9-10,12-15H2,1H3/t18-,20-/m0/s1. The van der Waals surface area contributed by atoms with E-state index in [0.29, 0.717) is 25.4 Å². The molecule has 138 valence electrons. The third kappa shape index (κ3) is 3.27. The molecule has 0 N–H and O–H groups in total. The zero-order valence-corrected chi connectivity index (χ0v) is 15.1. The van der Waals surface area contributed by atoms with E-state index in [1.54, 1.807) is 24.0 Å². The minimum absolute atomic E-state index is 0.00570. The van der Waals surface area contributed by atoms with Gasteiger partial charge in [0.05, 0.1) is 18.8 Å². The summed E-state index contributed by atoms with van der Waals surface area (Å²) in [4.78, 5) is 14.7. The molecule has 1 spiro atoms. The van der Waals surface area contributed by atoms with Crippen molar-refractivity contribution < 1.29 is 14.3 Å². The topological polar surface area (TPSA) is 56.6 Å². The number of rotatable bonds is 4. The summed E-state index contributed by atoms with van der Waals surface area (Å²) in [6.07, 6.45) is 4.41. The number of ether oxygens (including phenoxy) is 2. The molecular weight excluding hydrogens is 330 g/mol. The number of nitrogens with zero attached hydrogens (tertiary/aromatic N) is 3. The molecule has 2 fully saturated rings. The zero-order chi connectivity index (χ0) is 18.0. The molecule has 0 saturated carbocycles. The van der Waals surface area contributed by atoms with Gasteiger partial charge in [-0.3, -0.25) is 9.48 Å². The molecule has 6 nitrogen and oxygen atoms in total. The molecule has 1 aromatic carbocycles. The Morgan fingerprint density at radius 2 is 2.15 bits per heavy atom. The molecule has 1 aromatic heterocycles. The van der Waals surface area contributed by atoms with Gasteiger partial charge in [0.25, 0.3) is 5.91 Å². The SMILES string of the molecule is Cn1nccc1C(=O)N1CC[C@@]2(CCCO2)[C@@H](OCc2ccccc2)C1. The van der Waals surface area contributed by atoms with Gasteiger partial charge in [0, 0.05) is 26.4 Å². The lowest BCUT2D eigenvalue weighted by Crippen LogP contribution is -2.57. The Labute approximate surface area is 153 Å². The van der Waals surface area contributed by atoms with Crippen LogP contribution in [0.15, 0.2) is 42.6 Å². The summed E-state index contributed by atoms with van der Waals surface area (Å²) in [7, 11) is 1.79. The summed E-state index contributed by atoms with van der Waals surface area (Å²) in [5.41, 5.74) is 1.49. The second-order valence-electron chi connectivity index (χ2n) is 7.14. The highest BCUT2D eigenvalue weighted by Crippen LogP contribution is 2.38. The lowest BCUT2D eigenvalue weighted by molar-refractivity contribution is -0.153. The molecule has 2 aliphatic rings. The van der Waals surface area contributed by atoms with Crippen LogP contribution < -0.4 is 0 Å². The number of carbonyl (C=O) groups excluding carboxylic acids is 1. The van der Waals surface area contributed by atoms with Crippen LogP contribution in [0.25, 0.3) is 0 Å². The average molecular weight is 355 g/mol. The van der Waals surface area contributed by atoms with Crippen LogP contribution in [0.1, 0.15) is 35.3 Å². The smallest absolute Gasteiger partial charge is 0.272 e. The summed E-state index contributed by atoms with van der Waals surface area (Å²) < 4.78 is 14.1. The van der Waals surface area contributed by atoms with Gasteiger partial charge in [0.1, 0.15) is 11.8 Å². The van der Waals surface area contributed by atoms with Crippen LogP contribution in [-0.4, -0.2) is 52.0 Å². The highest BCUT2D eigenvalue weighted by atomic mass is 16.6. The minimum atomic E-state index is -0.252. The van der Waals surface area contributed by atoms with Crippen LogP contribution in [0.2, 0.25) is 0 Å². The van der Waals surface area contributed by atoms with E-state index in [1.807, 2.05) is 23.1 Å². The molecule has 2 saturated heterocycles. The number of hydrogen-bond acceptors (Lipinski definition) is 4. The molecule has 0 bridgehead atoms. The van der Waals surface area contributed by atoms with Crippen molar-refractivity contribution in [2.24, 2.45) is 7.05 Å². The fourth-order valence-electron chi connectivity index (χ4n) is 4.02. The quantitative estimate of drug-likeness (QED) is 0.845. The summed E-state index contributed by atoms with van der Waals surface area (Å²) in [5, 5.41) is 4.11. The fraction of sp³-hybridized carbons (Fsp3) is 0.500. The Morgan fingerprint density at radius 3 is 2.85 bits per heavy atom. The van der Waals surface area contributed by atoms with Gasteiger partial charge in [0.15, 0.2) is 0 Å². The minimum Gasteiger partial charge on any atom is -0.372 e. The third-order valence-electron chi connectivity index (χ3n) is 5.53. The Morgan fingerprint density at radius 1 is 1.31 bits per heavy atom. The summed E-state index contributed by atoms with van der Waals surface area (Å²) in [5.74, 6) is 0.00570. The molecule has 4 rings (SSSR count). The second kappa shape index (κ2) is 7.21. The van der Waals surface area contributed by atoms with Crippen LogP contribution in [0, 0.1) is 0 Å². The first-order valence-corrected chi connectivity index (χ1v) is 9.25. The lowest BCUT2D eigenvalue weighted by Gasteiger charge is -2.44. The van der Waals surface area contributed by atoms with Gasteiger partial charge in [-0.2, -0.15) is 5.10 Å². The van der Waals surface area contributed by atoms with Crippen LogP contribution in [0.5, 0.6) is 0 Å². The number of amides is 1. The average Bonchev–Trinajstić information content (AvgIpc) is 3.31. The van der Waals surface area contributed by atoms with Gasteiger partial charge >= 0.3 is 0 Å². The molecule has 2 atom stereocenters. The van der Waals surface area contributed by atoms with E-state index < -0.39 is 0 Å². The maximum Gasteiger partial charge on any atom is 0.272 e. The molecule has 2 aromatic rings. The van der Waals surface area contributed by atoms with Crippen molar-refractivity contribution in [1.29, 1.82) is 0 Å². The van der Waals surface area contributed by atoms with Crippen molar-refractivity contribution in [2.45, 2.75) is 37.6 Å². The van der Waals surface area contributed by atoms with E-state index in [1.165, 1.54) is 0 Å². The first-order chi connectivity index (χ1) is 12.7. The molecule has 3 heterocycles. The van der Waals surface area contributed by atoms with Gasteiger partial charge in [-0.25, -0.2) is 0 Å². The maximum absolute atomic E-state index is 12.9. The highest BCUT2D eigenvalue weighted by molar-refractivity contribution is 5.92. The predicted molar refractivity (Wildman–Crippen MR) is 96.7 cm³/mol. The van der Waals surface area contributed by atoms with E-state index >= 15 is 0 Å². The van der Waals surface area contributed by atoms with E-state index in [9.17, 15) is 4.79 Å². The fourth-order valence-corrected chi connectivity index (χ4v) is 4.02. The van der Waals surface area contributed by atoms with Crippen molar-refractivity contribution >= 4 is 5.91 Å². The van der Waals surface area contributed by atoms with E-state index in [-0.39, 0.29) is 17.6 Å². The Hall–Kier alpha value is -2.18. The normalized spacial score (nSPS) is 25.7. The zero-order valence-electron chi connectivity index (χ0n) is 15.1. The Balaban J connectivity index is 1.49. The molecule has 6 heteroatoms. The number of likely N-dealkylation sites (tertiary alicyclic amines) is 1. The van der Waals surface area contributed by atoms with Crippen LogP contribution in [0.3, 0.4) is 0 Å². The second-order valence-corrected chi connectivity index (χ2v) is 7.14. The highest BCUT2D eigenvalue weighted by Gasteiger charge is 2.48.